The van der Waals surface area contributed by atoms with Crippen LogP contribution in [0.3, 0.4) is 0 Å². The topological polar surface area (TPSA) is 96.0 Å². The van der Waals surface area contributed by atoms with Crippen LogP contribution in [0.5, 0.6) is 5.75 Å². The number of hydrogen-bond acceptors (Lipinski definition) is 5. The molecule has 1 N–H and O–H groups in total. The van der Waals surface area contributed by atoms with Gasteiger partial charge in [0.15, 0.2) is 0 Å². The molecule has 8 nitrogen and oxygen atoms in total. The maximum Gasteiger partial charge on any atom is 0.264 e. The fourth-order valence-corrected chi connectivity index (χ4v) is 6.56. The molecule has 0 saturated heterocycles. The summed E-state index contributed by atoms with van der Waals surface area (Å²) in [7, 11) is -2.64. The largest absolute Gasteiger partial charge is 0.497 e. The molecule has 1 aliphatic carbocycles. The van der Waals surface area contributed by atoms with Crippen LogP contribution in [0.25, 0.3) is 0 Å². The summed E-state index contributed by atoms with van der Waals surface area (Å²) < 4.78 is 33.9. The van der Waals surface area contributed by atoms with Gasteiger partial charge in [0.25, 0.3) is 10.0 Å². The van der Waals surface area contributed by atoms with E-state index in [9.17, 15) is 18.0 Å². The molecular weight excluding hydrogens is 585 g/mol. The van der Waals surface area contributed by atoms with Crippen LogP contribution in [0.15, 0.2) is 77.7 Å². The average molecular weight is 619 g/mol. The van der Waals surface area contributed by atoms with E-state index in [1.165, 1.54) is 24.1 Å². The Morgan fingerprint density at radius 1 is 0.976 bits per heavy atom. The van der Waals surface area contributed by atoms with Crippen LogP contribution in [-0.2, 0) is 26.2 Å². The number of ether oxygens (including phenoxy) is 1. The summed E-state index contributed by atoms with van der Waals surface area (Å²) in [6.07, 6.45) is 3.86. The third-order valence-corrected chi connectivity index (χ3v) is 9.70. The second-order valence-electron chi connectivity index (χ2n) is 9.96. The zero-order chi connectivity index (χ0) is 29.6. The molecule has 3 aromatic carbocycles. The van der Waals surface area contributed by atoms with Gasteiger partial charge in [-0.3, -0.25) is 13.9 Å². The number of hydrogen-bond donors (Lipinski definition) is 1. The molecule has 218 valence electrons. The van der Waals surface area contributed by atoms with Crippen molar-refractivity contribution < 1.29 is 22.7 Å². The number of nitrogens with one attached hydrogen (secondary N) is 1. The van der Waals surface area contributed by atoms with E-state index >= 15 is 0 Å². The van der Waals surface area contributed by atoms with Gasteiger partial charge in [0.1, 0.15) is 18.3 Å². The molecule has 0 aliphatic heterocycles. The first-order valence-corrected chi connectivity index (χ1v) is 15.6. The second kappa shape index (κ2) is 13.6. The summed E-state index contributed by atoms with van der Waals surface area (Å²) in [6, 6.07) is 18.4. The molecule has 0 radical (unpaired) electrons. The van der Waals surface area contributed by atoms with Gasteiger partial charge < -0.3 is 15.0 Å². The molecule has 11 heteroatoms. The van der Waals surface area contributed by atoms with Crippen molar-refractivity contribution in [3.05, 3.63) is 88.4 Å². The number of halogens is 2. The maximum absolute atomic E-state index is 14.0. The van der Waals surface area contributed by atoms with Gasteiger partial charge in [0.2, 0.25) is 11.8 Å². The molecule has 0 unspecified atom stereocenters. The van der Waals surface area contributed by atoms with Gasteiger partial charge in [-0.2, -0.15) is 0 Å². The first kappa shape index (κ1) is 30.7. The van der Waals surface area contributed by atoms with E-state index in [1.807, 2.05) is 0 Å². The van der Waals surface area contributed by atoms with Crippen molar-refractivity contribution in [2.24, 2.45) is 0 Å². The van der Waals surface area contributed by atoms with Gasteiger partial charge in [-0.1, -0.05) is 60.3 Å². The number of benzene rings is 3. The molecule has 0 spiro atoms. The van der Waals surface area contributed by atoms with Crippen LogP contribution in [0.1, 0.15) is 38.2 Å². The lowest BCUT2D eigenvalue weighted by Crippen LogP contribution is -2.52. The lowest BCUT2D eigenvalue weighted by molar-refractivity contribution is -0.139. The number of sulfonamides is 1. The van der Waals surface area contributed by atoms with Crippen molar-refractivity contribution in [2.75, 3.05) is 18.0 Å². The van der Waals surface area contributed by atoms with Gasteiger partial charge in [0, 0.05) is 12.6 Å². The minimum absolute atomic E-state index is 0.0246. The molecule has 1 fully saturated rings. The van der Waals surface area contributed by atoms with Crippen LogP contribution < -0.4 is 14.4 Å². The Bertz CT molecular complexity index is 1460. The molecule has 0 heterocycles. The highest BCUT2D eigenvalue weighted by molar-refractivity contribution is 7.92. The van der Waals surface area contributed by atoms with E-state index in [4.69, 9.17) is 27.9 Å². The zero-order valence-corrected chi connectivity index (χ0v) is 25.3. The first-order chi connectivity index (χ1) is 19.6. The van der Waals surface area contributed by atoms with Crippen LogP contribution in [0.4, 0.5) is 5.69 Å². The van der Waals surface area contributed by atoms with Gasteiger partial charge in [-0.05, 0) is 73.9 Å². The van der Waals surface area contributed by atoms with Gasteiger partial charge in [-0.15, -0.1) is 0 Å². The molecule has 4 rings (SSSR count). The molecule has 0 bridgehead atoms. The van der Waals surface area contributed by atoms with Crippen LogP contribution >= 0.6 is 23.2 Å². The molecule has 1 aliphatic rings. The fraction of sp³-hybridized carbons (Fsp3) is 0.333. The molecular formula is C30H33Cl2N3O5S. The maximum atomic E-state index is 14.0. The number of anilines is 1. The van der Waals surface area contributed by atoms with E-state index in [-0.39, 0.29) is 29.1 Å². The summed E-state index contributed by atoms with van der Waals surface area (Å²) in [4.78, 5) is 28.7. The van der Waals surface area contributed by atoms with Crippen molar-refractivity contribution in [1.29, 1.82) is 0 Å². The predicted molar refractivity (Wildman–Crippen MR) is 161 cm³/mol. The highest BCUT2D eigenvalue weighted by Crippen LogP contribution is 2.28. The second-order valence-corrected chi connectivity index (χ2v) is 12.6. The van der Waals surface area contributed by atoms with E-state index in [0.717, 1.165) is 30.0 Å². The Hall–Kier alpha value is -3.27. The highest BCUT2D eigenvalue weighted by atomic mass is 35.5. The van der Waals surface area contributed by atoms with Crippen molar-refractivity contribution in [2.45, 2.75) is 56.1 Å². The quantitative estimate of drug-likeness (QED) is 0.299. The number of carbonyl (C=O) groups excluding carboxylic acids is 2. The predicted octanol–water partition coefficient (Wildman–Crippen LogP) is 5.67. The van der Waals surface area contributed by atoms with Crippen molar-refractivity contribution in [3.63, 3.8) is 0 Å². The lowest BCUT2D eigenvalue weighted by Gasteiger charge is -2.32. The van der Waals surface area contributed by atoms with Gasteiger partial charge in [0.05, 0.1) is 27.7 Å². The van der Waals surface area contributed by atoms with Gasteiger partial charge in [-0.25, -0.2) is 8.42 Å². The van der Waals surface area contributed by atoms with E-state index in [2.05, 4.69) is 5.32 Å². The monoisotopic (exact) mass is 617 g/mol. The summed E-state index contributed by atoms with van der Waals surface area (Å²) in [5.74, 6) is -0.316. The Labute approximate surface area is 251 Å². The normalized spacial score (nSPS) is 14.3. The Kier molecular flexibility index (Phi) is 10.2. The Morgan fingerprint density at radius 3 is 2.24 bits per heavy atom. The van der Waals surface area contributed by atoms with Crippen molar-refractivity contribution >= 4 is 50.7 Å². The smallest absolute Gasteiger partial charge is 0.264 e. The molecule has 3 aromatic rings. The Morgan fingerprint density at radius 2 is 1.63 bits per heavy atom. The van der Waals surface area contributed by atoms with Crippen molar-refractivity contribution in [3.8, 4) is 5.75 Å². The minimum Gasteiger partial charge on any atom is -0.497 e. The molecule has 1 atom stereocenters. The highest BCUT2D eigenvalue weighted by Gasteiger charge is 2.33. The number of nitrogens with zero attached hydrogens (tertiary/aromatic N) is 2. The fourth-order valence-electron chi connectivity index (χ4n) is 4.81. The third-order valence-electron chi connectivity index (χ3n) is 7.18. The van der Waals surface area contributed by atoms with Crippen LogP contribution in [0, 0.1) is 0 Å². The number of rotatable bonds is 11. The van der Waals surface area contributed by atoms with E-state index in [1.54, 1.807) is 67.6 Å². The van der Waals surface area contributed by atoms with Crippen LogP contribution in [0.2, 0.25) is 10.0 Å². The van der Waals surface area contributed by atoms with E-state index in [0.29, 0.717) is 21.4 Å². The lowest BCUT2D eigenvalue weighted by atomic mass is 10.1. The number of amides is 2. The minimum atomic E-state index is -4.15. The van der Waals surface area contributed by atoms with Gasteiger partial charge >= 0.3 is 0 Å². The SMILES string of the molecule is COc1ccc(N(CC(=O)N(Cc2ccc(Cl)c(Cl)c2)[C@@H](C)C(=O)NC2CCCC2)S(=O)(=O)c2ccccc2)cc1. The number of methoxy groups -OCH3 is 1. The summed E-state index contributed by atoms with van der Waals surface area (Å²) in [5, 5.41) is 3.72. The first-order valence-electron chi connectivity index (χ1n) is 13.4. The Balaban J connectivity index is 1.69. The van der Waals surface area contributed by atoms with Crippen LogP contribution in [-0.4, -0.2) is 50.9 Å². The molecule has 2 amide bonds. The molecule has 1 saturated carbocycles. The molecule has 0 aromatic heterocycles. The van der Waals surface area contributed by atoms with E-state index < -0.39 is 28.5 Å². The summed E-state index contributed by atoms with van der Waals surface area (Å²) >= 11 is 12.3. The summed E-state index contributed by atoms with van der Waals surface area (Å²) in [5.41, 5.74) is 0.927. The zero-order valence-electron chi connectivity index (χ0n) is 22.9. The average Bonchev–Trinajstić information content (AvgIpc) is 3.49. The third kappa shape index (κ3) is 7.52. The van der Waals surface area contributed by atoms with Crippen molar-refractivity contribution in [1.82, 2.24) is 10.2 Å². The number of carbonyl (C=O) groups is 2. The molecule has 41 heavy (non-hydrogen) atoms. The standard InChI is InChI=1S/C30H33Cl2N3O5S/c1-21(30(37)33-23-8-6-7-9-23)34(19-22-12-17-27(31)28(32)18-22)29(36)20-35(24-13-15-25(40-2)16-14-24)41(38,39)26-10-4-3-5-11-26/h3-5,10-18,21,23H,6-9,19-20H2,1-2H3,(H,33,37)/t21-/m0/s1. The summed E-state index contributed by atoms with van der Waals surface area (Å²) in [6.45, 7) is 1.13.